The maximum atomic E-state index is 14.7. The fourth-order valence-electron chi connectivity index (χ4n) is 4.63. The number of benzene rings is 1. The molecule has 0 unspecified atom stereocenters. The average Bonchev–Trinajstić information content (AvgIpc) is 2.89. The number of carboxylic acids is 1. The molecule has 1 aliphatic carbocycles. The molecule has 2 atom stereocenters. The number of hydrogen-bond acceptors (Lipinski definition) is 4. The van der Waals surface area contributed by atoms with Crippen LogP contribution in [0.4, 0.5) is 13.2 Å². The molecule has 3 N–H and O–H groups in total. The molecule has 1 aromatic rings. The van der Waals surface area contributed by atoms with Gasteiger partial charge in [-0.1, -0.05) is 12.5 Å². The summed E-state index contributed by atoms with van der Waals surface area (Å²) in [6, 6.07) is 2.97. The summed E-state index contributed by atoms with van der Waals surface area (Å²) in [4.78, 5) is 13.9. The minimum atomic E-state index is -2.68. The van der Waals surface area contributed by atoms with E-state index in [-0.39, 0.29) is 44.7 Å². The molecule has 1 saturated heterocycles. The van der Waals surface area contributed by atoms with Gasteiger partial charge in [-0.2, -0.15) is 0 Å². The van der Waals surface area contributed by atoms with Crippen LogP contribution in [0.1, 0.15) is 49.3 Å². The zero-order valence-electron chi connectivity index (χ0n) is 16.5. The van der Waals surface area contributed by atoms with Crippen molar-refractivity contribution in [2.45, 2.75) is 63.2 Å². The van der Waals surface area contributed by atoms with Gasteiger partial charge in [0.2, 0.25) is 0 Å². The number of alkyl halides is 2. The van der Waals surface area contributed by atoms with Crippen LogP contribution in [-0.2, 0) is 23.2 Å². The van der Waals surface area contributed by atoms with E-state index < -0.39 is 30.2 Å². The van der Waals surface area contributed by atoms with Gasteiger partial charge in [-0.15, -0.1) is 0 Å². The van der Waals surface area contributed by atoms with Gasteiger partial charge in [0.1, 0.15) is 5.82 Å². The largest absolute Gasteiger partial charge is 0.481 e. The van der Waals surface area contributed by atoms with Gasteiger partial charge in [0.25, 0.3) is 5.92 Å². The molecule has 5 nitrogen and oxygen atoms in total. The zero-order chi connectivity index (χ0) is 21.4. The van der Waals surface area contributed by atoms with Crippen molar-refractivity contribution in [3.05, 3.63) is 34.6 Å². The predicted molar refractivity (Wildman–Crippen MR) is 102 cm³/mol. The smallest absolute Gasteiger partial charge is 0.451 e. The molecule has 0 radical (unpaired) electrons. The van der Waals surface area contributed by atoms with Gasteiger partial charge in [-0.3, -0.25) is 9.69 Å². The van der Waals surface area contributed by atoms with E-state index >= 15 is 0 Å². The lowest BCUT2D eigenvalue weighted by Gasteiger charge is -2.32. The lowest BCUT2D eigenvalue weighted by molar-refractivity contribution is -0.145. The SMILES string of the molecule is C[C@@]1(C(=O)O)c2cc(CN3CCC(F)(F)CC3)c(F)cc2C[C@@H]1CCCB(O)O. The molecule has 0 spiro atoms. The number of fused-ring (bicyclic) bond motifs is 1. The van der Waals surface area contributed by atoms with Crippen LogP contribution in [0, 0.1) is 11.7 Å². The highest BCUT2D eigenvalue weighted by Gasteiger charge is 2.49. The number of nitrogens with zero attached hydrogens (tertiary/aromatic N) is 1. The summed E-state index contributed by atoms with van der Waals surface area (Å²) >= 11 is 0. The maximum absolute atomic E-state index is 14.7. The molecule has 0 aromatic heterocycles. The minimum Gasteiger partial charge on any atom is -0.481 e. The van der Waals surface area contributed by atoms with E-state index in [0.717, 1.165) is 0 Å². The van der Waals surface area contributed by atoms with Crippen LogP contribution in [0.15, 0.2) is 12.1 Å². The van der Waals surface area contributed by atoms with Crippen molar-refractivity contribution < 1.29 is 33.1 Å². The summed E-state index contributed by atoms with van der Waals surface area (Å²) in [6.45, 7) is 2.15. The molecular weight excluding hydrogens is 386 g/mol. The molecule has 1 aromatic carbocycles. The van der Waals surface area contributed by atoms with Crippen molar-refractivity contribution in [2.75, 3.05) is 13.1 Å². The van der Waals surface area contributed by atoms with Crippen molar-refractivity contribution in [1.82, 2.24) is 4.90 Å². The summed E-state index contributed by atoms with van der Waals surface area (Å²) in [5.74, 6) is -4.40. The zero-order valence-corrected chi connectivity index (χ0v) is 16.5. The Kier molecular flexibility index (Phi) is 6.31. The van der Waals surface area contributed by atoms with E-state index in [4.69, 9.17) is 10.0 Å². The lowest BCUT2D eigenvalue weighted by atomic mass is 9.72. The van der Waals surface area contributed by atoms with Gasteiger partial charge < -0.3 is 15.2 Å². The number of hydrogen-bond donors (Lipinski definition) is 3. The molecular formula is C20H27BF3NO4. The van der Waals surface area contributed by atoms with Crippen LogP contribution in [0.25, 0.3) is 0 Å². The van der Waals surface area contributed by atoms with Crippen LogP contribution in [0.5, 0.6) is 0 Å². The first kappa shape index (κ1) is 22.1. The van der Waals surface area contributed by atoms with Crippen LogP contribution >= 0.6 is 0 Å². The number of halogens is 3. The molecule has 9 heteroatoms. The van der Waals surface area contributed by atoms with Crippen molar-refractivity contribution >= 4 is 13.1 Å². The average molecular weight is 413 g/mol. The number of carbonyl (C=O) groups is 1. The standard InChI is InChI=1S/C20H27BF3NO4/c1-19(18(26)27)15(3-2-6-21(28)29)9-13-11-17(22)14(10-16(13)19)12-25-7-4-20(23,24)5-8-25/h10-11,15,28-29H,2-9,12H2,1H3,(H,26,27)/t15-,19-/m0/s1. The van der Waals surface area contributed by atoms with E-state index in [9.17, 15) is 23.1 Å². The number of aliphatic carboxylic acids is 1. The van der Waals surface area contributed by atoms with Crippen LogP contribution < -0.4 is 0 Å². The second kappa shape index (κ2) is 8.28. The fourth-order valence-corrected chi connectivity index (χ4v) is 4.63. The predicted octanol–water partition coefficient (Wildman–Crippen LogP) is 2.82. The van der Waals surface area contributed by atoms with E-state index in [2.05, 4.69) is 0 Å². The second-order valence-corrected chi connectivity index (χ2v) is 8.55. The lowest BCUT2D eigenvalue weighted by Crippen LogP contribution is -2.39. The van der Waals surface area contributed by atoms with Crippen molar-refractivity contribution in [3.8, 4) is 0 Å². The van der Waals surface area contributed by atoms with E-state index in [1.807, 2.05) is 0 Å². The minimum absolute atomic E-state index is 0.155. The molecule has 0 amide bonds. The van der Waals surface area contributed by atoms with E-state index in [0.29, 0.717) is 36.0 Å². The summed E-state index contributed by atoms with van der Waals surface area (Å²) in [5, 5.41) is 28.0. The Labute approximate surface area is 168 Å². The molecule has 2 aliphatic rings. The molecule has 1 fully saturated rings. The highest BCUT2D eigenvalue weighted by molar-refractivity contribution is 6.40. The molecule has 29 heavy (non-hydrogen) atoms. The maximum Gasteiger partial charge on any atom is 0.451 e. The van der Waals surface area contributed by atoms with Gasteiger partial charge in [0.05, 0.1) is 5.41 Å². The molecule has 160 valence electrons. The van der Waals surface area contributed by atoms with E-state index in [1.54, 1.807) is 17.9 Å². The molecule has 0 bridgehead atoms. The van der Waals surface area contributed by atoms with Gasteiger partial charge >= 0.3 is 13.1 Å². The molecule has 3 rings (SSSR count). The van der Waals surface area contributed by atoms with Crippen LogP contribution in [0.2, 0.25) is 6.32 Å². The van der Waals surface area contributed by atoms with E-state index in [1.165, 1.54) is 6.07 Å². The number of piperidine rings is 1. The third kappa shape index (κ3) is 4.62. The summed E-state index contributed by atoms with van der Waals surface area (Å²) in [5.41, 5.74) is 0.342. The summed E-state index contributed by atoms with van der Waals surface area (Å²) < 4.78 is 41.4. The first-order valence-corrected chi connectivity index (χ1v) is 10.0. The molecule has 1 heterocycles. The molecule has 1 aliphatic heterocycles. The highest BCUT2D eigenvalue weighted by Crippen LogP contribution is 2.46. The second-order valence-electron chi connectivity index (χ2n) is 8.55. The summed E-state index contributed by atoms with van der Waals surface area (Å²) in [6.07, 6.45) is 0.981. The summed E-state index contributed by atoms with van der Waals surface area (Å²) in [7, 11) is -1.43. The highest BCUT2D eigenvalue weighted by atomic mass is 19.3. The van der Waals surface area contributed by atoms with Gasteiger partial charge in [-0.25, -0.2) is 13.2 Å². The Hall–Kier alpha value is -1.58. The Balaban J connectivity index is 1.81. The Morgan fingerprint density at radius 3 is 2.52 bits per heavy atom. The third-order valence-corrected chi connectivity index (χ3v) is 6.56. The Morgan fingerprint density at radius 1 is 1.28 bits per heavy atom. The first-order valence-electron chi connectivity index (χ1n) is 10.0. The Bertz CT molecular complexity index is 766. The van der Waals surface area contributed by atoms with Crippen molar-refractivity contribution in [2.24, 2.45) is 5.92 Å². The van der Waals surface area contributed by atoms with Gasteiger partial charge in [0.15, 0.2) is 0 Å². The fraction of sp³-hybridized carbons (Fsp3) is 0.650. The molecule has 0 saturated carbocycles. The van der Waals surface area contributed by atoms with Gasteiger partial charge in [-0.05, 0) is 49.2 Å². The number of likely N-dealkylation sites (tertiary alicyclic amines) is 1. The van der Waals surface area contributed by atoms with Crippen LogP contribution in [-0.4, -0.2) is 52.2 Å². The first-order chi connectivity index (χ1) is 13.5. The Morgan fingerprint density at radius 2 is 1.93 bits per heavy atom. The van der Waals surface area contributed by atoms with Crippen molar-refractivity contribution in [3.63, 3.8) is 0 Å². The third-order valence-electron chi connectivity index (χ3n) is 6.56. The van der Waals surface area contributed by atoms with Gasteiger partial charge in [0, 0.05) is 38.0 Å². The normalized spacial score (nSPS) is 26.3. The van der Waals surface area contributed by atoms with Crippen LogP contribution in [0.3, 0.4) is 0 Å². The quantitative estimate of drug-likeness (QED) is 0.599. The number of carboxylic acid groups (broad SMARTS) is 1. The van der Waals surface area contributed by atoms with Crippen molar-refractivity contribution in [1.29, 1.82) is 0 Å². The number of rotatable bonds is 7. The monoisotopic (exact) mass is 413 g/mol. The topological polar surface area (TPSA) is 81.0 Å².